The minimum Gasteiger partial charge on any atom is -0.379 e. The number of fused-ring (bicyclic) bond motifs is 2. The van der Waals surface area contributed by atoms with Gasteiger partial charge in [0.1, 0.15) is 5.82 Å². The summed E-state index contributed by atoms with van der Waals surface area (Å²) in [6, 6.07) is 8.01. The zero-order chi connectivity index (χ0) is 16.5. The summed E-state index contributed by atoms with van der Waals surface area (Å²) >= 11 is 0. The molecule has 0 atom stereocenters. The van der Waals surface area contributed by atoms with Crippen molar-refractivity contribution in [1.29, 1.82) is 0 Å². The Hall–Kier alpha value is -2.18. The predicted molar refractivity (Wildman–Crippen MR) is 94.6 cm³/mol. The van der Waals surface area contributed by atoms with Crippen LogP contribution < -0.4 is 10.2 Å². The van der Waals surface area contributed by atoms with Gasteiger partial charge in [-0.25, -0.2) is 4.98 Å². The van der Waals surface area contributed by atoms with Crippen molar-refractivity contribution in [3.05, 3.63) is 29.8 Å². The number of anilines is 2. The number of likely N-dealkylation sites (N-methyl/N-ethyl adjacent to an activating group) is 1. The molecular weight excluding hydrogens is 304 g/mol. The molecule has 3 heterocycles. The second kappa shape index (κ2) is 6.37. The predicted octanol–water partition coefficient (Wildman–Crippen LogP) is 1.50. The van der Waals surface area contributed by atoms with E-state index in [0.717, 1.165) is 54.0 Å². The number of nitrogens with one attached hydrogen (secondary N) is 1. The highest BCUT2D eigenvalue weighted by Crippen LogP contribution is 2.36. The second-order valence-electron chi connectivity index (χ2n) is 6.41. The number of ether oxygens (including phenoxy) is 1. The molecule has 0 aliphatic carbocycles. The third-order valence-corrected chi connectivity index (χ3v) is 4.77. The van der Waals surface area contributed by atoms with Crippen LogP contribution in [0.4, 0.5) is 11.5 Å². The third kappa shape index (κ3) is 2.83. The van der Waals surface area contributed by atoms with Crippen molar-refractivity contribution in [2.24, 2.45) is 0 Å². The molecule has 2 aromatic rings. The molecule has 0 bridgehead atoms. The van der Waals surface area contributed by atoms with Crippen LogP contribution in [0.15, 0.2) is 24.3 Å². The van der Waals surface area contributed by atoms with Crippen LogP contribution in [-0.2, 0) is 16.0 Å². The average molecular weight is 326 g/mol. The average Bonchev–Trinajstić information content (AvgIpc) is 2.97. The number of rotatable bonds is 3. The zero-order valence-electron chi connectivity index (χ0n) is 13.9. The van der Waals surface area contributed by atoms with Crippen molar-refractivity contribution >= 4 is 28.3 Å². The van der Waals surface area contributed by atoms with Crippen LogP contribution in [0.25, 0.3) is 10.9 Å². The number of benzene rings is 1. The van der Waals surface area contributed by atoms with Gasteiger partial charge in [-0.3, -0.25) is 9.69 Å². The summed E-state index contributed by atoms with van der Waals surface area (Å²) in [5.74, 6) is 1.01. The number of nitrogens with zero attached hydrogens (tertiary/aromatic N) is 3. The van der Waals surface area contributed by atoms with Crippen LogP contribution in [0.1, 0.15) is 5.56 Å². The Labute approximate surface area is 141 Å². The molecule has 1 aromatic carbocycles. The van der Waals surface area contributed by atoms with Crippen LogP contribution >= 0.6 is 0 Å². The number of pyridine rings is 1. The van der Waals surface area contributed by atoms with Gasteiger partial charge in [0.15, 0.2) is 0 Å². The normalized spacial score (nSPS) is 18.0. The smallest absolute Gasteiger partial charge is 0.238 e. The van der Waals surface area contributed by atoms with Crippen LogP contribution in [0.2, 0.25) is 0 Å². The minimum atomic E-state index is 0.0324. The fourth-order valence-corrected chi connectivity index (χ4v) is 3.46. The molecule has 2 aliphatic rings. The van der Waals surface area contributed by atoms with Gasteiger partial charge in [0, 0.05) is 37.6 Å². The van der Waals surface area contributed by atoms with Crippen molar-refractivity contribution in [2.45, 2.75) is 6.42 Å². The van der Waals surface area contributed by atoms with Crippen LogP contribution in [0, 0.1) is 0 Å². The molecule has 24 heavy (non-hydrogen) atoms. The molecule has 0 radical (unpaired) electrons. The maximum atomic E-state index is 12.6. The Morgan fingerprint density at radius 3 is 2.88 bits per heavy atom. The van der Waals surface area contributed by atoms with Gasteiger partial charge in [0.2, 0.25) is 5.91 Å². The lowest BCUT2D eigenvalue weighted by atomic mass is 10.1. The summed E-state index contributed by atoms with van der Waals surface area (Å²) in [5.41, 5.74) is 3.00. The van der Waals surface area contributed by atoms with Gasteiger partial charge in [0.05, 0.1) is 31.0 Å². The molecule has 126 valence electrons. The zero-order valence-corrected chi connectivity index (χ0v) is 13.9. The van der Waals surface area contributed by atoms with Crippen molar-refractivity contribution in [3.8, 4) is 0 Å². The number of hydrogen-bond donors (Lipinski definition) is 1. The maximum Gasteiger partial charge on any atom is 0.238 e. The van der Waals surface area contributed by atoms with Gasteiger partial charge in [-0.15, -0.1) is 0 Å². The molecule has 2 aliphatic heterocycles. The van der Waals surface area contributed by atoms with Gasteiger partial charge >= 0.3 is 0 Å². The molecule has 1 amide bonds. The fourth-order valence-electron chi connectivity index (χ4n) is 3.46. The van der Waals surface area contributed by atoms with Crippen LogP contribution in [0.5, 0.6) is 0 Å². The largest absolute Gasteiger partial charge is 0.379 e. The third-order valence-electron chi connectivity index (χ3n) is 4.77. The first kappa shape index (κ1) is 15.4. The molecule has 1 fully saturated rings. The van der Waals surface area contributed by atoms with E-state index < -0.39 is 0 Å². The molecule has 0 unspecified atom stereocenters. The van der Waals surface area contributed by atoms with E-state index in [-0.39, 0.29) is 5.91 Å². The Bertz CT molecular complexity index is 771. The number of hydrogen-bond acceptors (Lipinski definition) is 5. The van der Waals surface area contributed by atoms with Gasteiger partial charge in [-0.05, 0) is 12.5 Å². The molecule has 0 spiro atoms. The first-order chi connectivity index (χ1) is 11.7. The molecule has 6 nitrogen and oxygen atoms in total. The van der Waals surface area contributed by atoms with E-state index in [4.69, 9.17) is 9.72 Å². The summed E-state index contributed by atoms with van der Waals surface area (Å²) in [6.45, 7) is 4.36. The summed E-state index contributed by atoms with van der Waals surface area (Å²) in [4.78, 5) is 21.6. The quantitative estimate of drug-likeness (QED) is 0.926. The van der Waals surface area contributed by atoms with Gasteiger partial charge in [-0.2, -0.15) is 0 Å². The van der Waals surface area contributed by atoms with Crippen LogP contribution in [0.3, 0.4) is 0 Å². The minimum absolute atomic E-state index is 0.0324. The van der Waals surface area contributed by atoms with Crippen molar-refractivity contribution in [1.82, 2.24) is 9.88 Å². The standard InChI is InChI=1S/C18H22N4O2/c1-21-7-6-14-17(13-4-2-3-5-15(13)19-18(14)21)20-16(23)12-22-8-10-24-11-9-22/h2-5H,6-12H2,1H3,(H,19,20,23). The lowest BCUT2D eigenvalue weighted by Gasteiger charge is -2.26. The molecular formula is C18H22N4O2. The lowest BCUT2D eigenvalue weighted by Crippen LogP contribution is -2.41. The highest BCUT2D eigenvalue weighted by Gasteiger charge is 2.24. The Morgan fingerprint density at radius 1 is 1.25 bits per heavy atom. The lowest BCUT2D eigenvalue weighted by molar-refractivity contribution is -0.118. The van der Waals surface area contributed by atoms with E-state index in [1.807, 2.05) is 31.3 Å². The summed E-state index contributed by atoms with van der Waals surface area (Å²) in [7, 11) is 2.05. The number of aromatic nitrogens is 1. The van der Waals surface area contributed by atoms with E-state index in [1.54, 1.807) is 0 Å². The fraction of sp³-hybridized carbons (Fsp3) is 0.444. The molecule has 1 aromatic heterocycles. The van der Waals surface area contributed by atoms with E-state index in [1.165, 1.54) is 0 Å². The Morgan fingerprint density at radius 2 is 2.04 bits per heavy atom. The SMILES string of the molecule is CN1CCc2c1nc1ccccc1c2NC(=O)CN1CCOCC1. The van der Waals surface area contributed by atoms with Gasteiger partial charge < -0.3 is 15.0 Å². The van der Waals surface area contributed by atoms with Gasteiger partial charge in [0.25, 0.3) is 0 Å². The van der Waals surface area contributed by atoms with Crippen molar-refractivity contribution < 1.29 is 9.53 Å². The first-order valence-electron chi connectivity index (χ1n) is 8.45. The number of amides is 1. The highest BCUT2D eigenvalue weighted by atomic mass is 16.5. The van der Waals surface area contributed by atoms with Gasteiger partial charge in [-0.1, -0.05) is 18.2 Å². The van der Waals surface area contributed by atoms with E-state index in [9.17, 15) is 4.79 Å². The first-order valence-corrected chi connectivity index (χ1v) is 8.45. The number of carbonyl (C=O) groups is 1. The number of morpholine rings is 1. The molecule has 6 heteroatoms. The number of carbonyl (C=O) groups excluding carboxylic acids is 1. The summed E-state index contributed by atoms with van der Waals surface area (Å²) in [6.07, 6.45) is 0.914. The molecule has 4 rings (SSSR count). The molecule has 1 saturated heterocycles. The molecule has 0 saturated carbocycles. The van der Waals surface area contributed by atoms with Crippen molar-refractivity contribution in [3.63, 3.8) is 0 Å². The topological polar surface area (TPSA) is 57.7 Å². The van der Waals surface area contributed by atoms with E-state index >= 15 is 0 Å². The van der Waals surface area contributed by atoms with Crippen molar-refractivity contribution in [2.75, 3.05) is 56.7 Å². The summed E-state index contributed by atoms with van der Waals surface area (Å²) in [5, 5.41) is 4.18. The monoisotopic (exact) mass is 326 g/mol. The molecule has 1 N–H and O–H groups in total. The van der Waals surface area contributed by atoms with Crippen LogP contribution in [-0.4, -0.2) is 62.2 Å². The van der Waals surface area contributed by atoms with E-state index in [0.29, 0.717) is 19.8 Å². The Balaban J connectivity index is 1.64. The Kier molecular flexibility index (Phi) is 4.08. The second-order valence-corrected chi connectivity index (χ2v) is 6.41. The maximum absolute atomic E-state index is 12.6. The summed E-state index contributed by atoms with van der Waals surface area (Å²) < 4.78 is 5.34. The number of para-hydroxylation sites is 1. The van der Waals surface area contributed by atoms with E-state index in [2.05, 4.69) is 15.1 Å². The highest BCUT2D eigenvalue weighted by molar-refractivity contribution is 6.04.